The largest absolute Gasteiger partial charge is 0.493 e. The fraction of sp³-hybridized carbons (Fsp3) is 0.133. The number of nitrogens with zero attached hydrogens (tertiary/aromatic N) is 2. The zero-order valence-corrected chi connectivity index (χ0v) is 26.9. The lowest BCUT2D eigenvalue weighted by Gasteiger charge is -2.21. The third-order valence-electron chi connectivity index (χ3n) is 5.83. The Kier molecular flexibility index (Phi) is 10.9. The molecule has 0 atom stereocenters. The summed E-state index contributed by atoms with van der Waals surface area (Å²) in [7, 11) is -2.29. The molecule has 0 aromatic heterocycles. The summed E-state index contributed by atoms with van der Waals surface area (Å²) < 4.78 is 43.7. The number of halogens is 3. The fourth-order valence-electron chi connectivity index (χ4n) is 3.79. The number of sulfonamides is 1. The molecule has 0 fully saturated rings. The number of amides is 1. The molecular weight excluding hydrogens is 681 g/mol. The molecular formula is C30H26BrCl2N3O6S. The van der Waals surface area contributed by atoms with E-state index in [2.05, 4.69) is 26.5 Å². The maximum Gasteiger partial charge on any atom is 0.260 e. The van der Waals surface area contributed by atoms with Crippen LogP contribution in [-0.4, -0.2) is 40.4 Å². The van der Waals surface area contributed by atoms with E-state index in [0.717, 1.165) is 16.1 Å². The molecule has 1 amide bonds. The molecule has 4 aromatic rings. The molecule has 0 unspecified atom stereocenters. The minimum atomic E-state index is -3.78. The normalized spacial score (nSPS) is 11.3. The van der Waals surface area contributed by atoms with E-state index in [0.29, 0.717) is 48.8 Å². The number of anilines is 1. The number of hydrogen-bond acceptors (Lipinski definition) is 7. The van der Waals surface area contributed by atoms with Crippen LogP contribution in [0.2, 0.25) is 10.0 Å². The smallest absolute Gasteiger partial charge is 0.260 e. The summed E-state index contributed by atoms with van der Waals surface area (Å²) in [6.07, 6.45) is 2.41. The van der Waals surface area contributed by atoms with E-state index in [-0.39, 0.29) is 6.61 Å². The molecule has 1 N–H and O–H groups in total. The summed E-state index contributed by atoms with van der Waals surface area (Å²) in [5, 5.41) is 4.98. The first-order valence-corrected chi connectivity index (χ1v) is 16.0. The van der Waals surface area contributed by atoms with E-state index >= 15 is 0 Å². The lowest BCUT2D eigenvalue weighted by atomic mass is 10.2. The van der Waals surface area contributed by atoms with Crippen LogP contribution in [0.4, 0.5) is 5.69 Å². The highest BCUT2D eigenvalue weighted by molar-refractivity contribution is 9.10. The Hall–Kier alpha value is -3.77. The Balaban J connectivity index is 1.39. The summed E-state index contributed by atoms with van der Waals surface area (Å²) in [6.45, 7) is -0.309. The molecule has 224 valence electrons. The zero-order valence-electron chi connectivity index (χ0n) is 23.0. The van der Waals surface area contributed by atoms with Gasteiger partial charge in [0.15, 0.2) is 11.5 Å². The fourth-order valence-corrected chi connectivity index (χ4v) is 5.69. The maximum atomic E-state index is 12.7. The highest BCUT2D eigenvalue weighted by Gasteiger charge is 2.21. The van der Waals surface area contributed by atoms with Crippen LogP contribution in [0.5, 0.6) is 23.0 Å². The van der Waals surface area contributed by atoms with Gasteiger partial charge in [0.2, 0.25) is 10.0 Å². The Morgan fingerprint density at radius 1 is 1.00 bits per heavy atom. The molecule has 0 saturated carbocycles. The molecule has 0 aliphatic heterocycles. The van der Waals surface area contributed by atoms with E-state index < -0.39 is 22.5 Å². The molecule has 0 aliphatic rings. The summed E-state index contributed by atoms with van der Waals surface area (Å²) in [5.74, 6) is 1.37. The molecule has 0 aliphatic carbocycles. The molecule has 0 saturated heterocycles. The van der Waals surface area contributed by atoms with Crippen molar-refractivity contribution >= 4 is 67.0 Å². The molecule has 43 heavy (non-hydrogen) atoms. The maximum absolute atomic E-state index is 12.7. The van der Waals surface area contributed by atoms with Crippen molar-refractivity contribution < 1.29 is 27.4 Å². The van der Waals surface area contributed by atoms with Crippen LogP contribution in [0.3, 0.4) is 0 Å². The average molecular weight is 707 g/mol. The van der Waals surface area contributed by atoms with Crippen molar-refractivity contribution in [2.45, 2.75) is 6.61 Å². The van der Waals surface area contributed by atoms with Crippen molar-refractivity contribution in [3.05, 3.63) is 111 Å². The quantitative estimate of drug-likeness (QED) is 0.125. The van der Waals surface area contributed by atoms with Crippen molar-refractivity contribution in [3.8, 4) is 23.0 Å². The van der Waals surface area contributed by atoms with E-state index in [4.69, 9.17) is 37.4 Å². The van der Waals surface area contributed by atoms with Gasteiger partial charge < -0.3 is 14.2 Å². The summed E-state index contributed by atoms with van der Waals surface area (Å²) >= 11 is 15.7. The highest BCUT2D eigenvalue weighted by Crippen LogP contribution is 2.37. The monoisotopic (exact) mass is 705 g/mol. The Morgan fingerprint density at radius 2 is 1.70 bits per heavy atom. The molecule has 0 spiro atoms. The zero-order chi connectivity index (χ0) is 31.0. The molecule has 13 heteroatoms. The molecule has 0 heterocycles. The van der Waals surface area contributed by atoms with Gasteiger partial charge in [0, 0.05) is 15.6 Å². The molecule has 4 aromatic carbocycles. The number of methoxy groups -OCH3 is 1. The van der Waals surface area contributed by atoms with Crippen LogP contribution in [0.15, 0.2) is 94.5 Å². The molecule has 0 radical (unpaired) electrons. The van der Waals surface area contributed by atoms with Crippen LogP contribution in [-0.2, 0) is 21.4 Å². The van der Waals surface area contributed by atoms with Gasteiger partial charge in [-0.3, -0.25) is 9.10 Å². The van der Waals surface area contributed by atoms with Crippen molar-refractivity contribution in [3.63, 3.8) is 0 Å². The number of para-hydroxylation sites is 1. The Morgan fingerprint density at radius 3 is 2.35 bits per heavy atom. The summed E-state index contributed by atoms with van der Waals surface area (Å²) in [5.41, 5.74) is 3.98. The van der Waals surface area contributed by atoms with Gasteiger partial charge in [-0.2, -0.15) is 5.10 Å². The van der Waals surface area contributed by atoms with Gasteiger partial charge in [0.05, 0.1) is 29.7 Å². The van der Waals surface area contributed by atoms with Crippen LogP contribution in [0, 0.1) is 0 Å². The van der Waals surface area contributed by atoms with Crippen LogP contribution in [0.25, 0.3) is 0 Å². The Labute approximate surface area is 268 Å². The second-order valence-corrected chi connectivity index (χ2v) is 12.6. The third-order valence-corrected chi connectivity index (χ3v) is 8.15. The minimum absolute atomic E-state index is 0.175. The standard InChI is InChI=1S/C30H26BrCl2N3O6S/c1-40-28-15-20(14-26(31)30(28)41-19-21-8-9-22(32)16-27(21)33)17-34-35-29(37)18-36(43(2,38)39)23-10-12-25(13-11-23)42-24-6-4-3-5-7-24/h3-17H,18-19H2,1-2H3,(H,35,37). The van der Waals surface area contributed by atoms with Crippen LogP contribution >= 0.6 is 39.1 Å². The number of rotatable bonds is 12. The van der Waals surface area contributed by atoms with Crippen LogP contribution in [0.1, 0.15) is 11.1 Å². The summed E-state index contributed by atoms with van der Waals surface area (Å²) in [4.78, 5) is 12.7. The predicted octanol–water partition coefficient (Wildman–Crippen LogP) is 7.05. The minimum Gasteiger partial charge on any atom is -0.493 e. The predicted molar refractivity (Wildman–Crippen MR) is 172 cm³/mol. The number of carbonyl (C=O) groups excluding carboxylic acids is 1. The number of benzene rings is 4. The lowest BCUT2D eigenvalue weighted by molar-refractivity contribution is -0.119. The SMILES string of the molecule is COc1cc(C=NNC(=O)CN(c2ccc(Oc3ccccc3)cc2)S(C)(=O)=O)cc(Br)c1OCc1ccc(Cl)cc1Cl. The van der Waals surface area contributed by atoms with Gasteiger partial charge in [-0.15, -0.1) is 0 Å². The lowest BCUT2D eigenvalue weighted by Crippen LogP contribution is -2.39. The second kappa shape index (κ2) is 14.6. The first kappa shape index (κ1) is 32.2. The van der Waals surface area contributed by atoms with E-state index in [1.165, 1.54) is 13.3 Å². The first-order chi connectivity index (χ1) is 20.5. The van der Waals surface area contributed by atoms with E-state index in [1.807, 2.05) is 18.2 Å². The molecule has 4 rings (SSSR count). The number of hydrogen-bond donors (Lipinski definition) is 1. The van der Waals surface area contributed by atoms with Crippen molar-refractivity contribution in [2.75, 3.05) is 24.2 Å². The number of ether oxygens (including phenoxy) is 3. The first-order valence-electron chi connectivity index (χ1n) is 12.6. The van der Waals surface area contributed by atoms with Gasteiger partial charge >= 0.3 is 0 Å². The van der Waals surface area contributed by atoms with Gasteiger partial charge in [-0.05, 0) is 82.2 Å². The van der Waals surface area contributed by atoms with Crippen molar-refractivity contribution in [2.24, 2.45) is 5.10 Å². The van der Waals surface area contributed by atoms with Gasteiger partial charge in [-0.25, -0.2) is 13.8 Å². The van der Waals surface area contributed by atoms with Crippen LogP contribution < -0.4 is 23.9 Å². The third kappa shape index (κ3) is 9.11. The van der Waals surface area contributed by atoms with Gasteiger partial charge in [-0.1, -0.05) is 47.5 Å². The number of hydrazone groups is 1. The second-order valence-electron chi connectivity index (χ2n) is 9.03. The molecule has 9 nitrogen and oxygen atoms in total. The van der Waals surface area contributed by atoms with Crippen molar-refractivity contribution in [1.29, 1.82) is 0 Å². The number of carbonyl (C=O) groups is 1. The molecule has 0 bridgehead atoms. The van der Waals surface area contributed by atoms with E-state index in [1.54, 1.807) is 66.7 Å². The topological polar surface area (TPSA) is 107 Å². The number of nitrogens with one attached hydrogen (secondary N) is 1. The average Bonchev–Trinajstić information content (AvgIpc) is 2.96. The van der Waals surface area contributed by atoms with Gasteiger partial charge in [0.1, 0.15) is 24.7 Å². The van der Waals surface area contributed by atoms with Crippen molar-refractivity contribution in [1.82, 2.24) is 5.43 Å². The summed E-state index contributed by atoms with van der Waals surface area (Å²) in [6, 6.07) is 24.1. The Bertz CT molecular complexity index is 1720. The van der Waals surface area contributed by atoms with Gasteiger partial charge in [0.25, 0.3) is 5.91 Å². The highest BCUT2D eigenvalue weighted by atomic mass is 79.9. The van der Waals surface area contributed by atoms with E-state index in [9.17, 15) is 13.2 Å².